The van der Waals surface area contributed by atoms with E-state index in [9.17, 15) is 0 Å². The highest BCUT2D eigenvalue weighted by molar-refractivity contribution is 5.85. The van der Waals surface area contributed by atoms with Crippen LogP contribution < -0.4 is 0 Å². The van der Waals surface area contributed by atoms with Gasteiger partial charge in [0.15, 0.2) is 0 Å². The zero-order chi connectivity index (χ0) is 13.0. The van der Waals surface area contributed by atoms with Crippen LogP contribution >= 0.6 is 12.4 Å². The molecule has 1 aromatic carbocycles. The first-order chi connectivity index (χ1) is 9.18. The van der Waals surface area contributed by atoms with Crippen LogP contribution in [0.4, 0.5) is 0 Å². The molecule has 4 rings (SSSR count). The van der Waals surface area contributed by atoms with Crippen molar-refractivity contribution in [2.45, 2.75) is 38.6 Å². The van der Waals surface area contributed by atoms with Gasteiger partial charge in [-0.1, -0.05) is 25.1 Å². The van der Waals surface area contributed by atoms with Crippen molar-refractivity contribution in [2.75, 3.05) is 13.1 Å². The van der Waals surface area contributed by atoms with E-state index >= 15 is 0 Å². The standard InChI is InChI=1S/C17H22N2.ClH/c1-12-7-9-17(2)16-14(8-10-19(17)11-12)13-5-3-4-6-15(13)18-16;/h3-6,12,18H,7-11H2,1-2H3;1H/t12?,17-;/m1./s1. The number of hydrogen-bond donors (Lipinski definition) is 1. The number of hydrogen-bond acceptors (Lipinski definition) is 1. The molecule has 2 atom stereocenters. The first kappa shape index (κ1) is 14.0. The summed E-state index contributed by atoms with van der Waals surface area (Å²) in [5, 5.41) is 1.44. The molecule has 1 unspecified atom stereocenters. The molecular weight excluding hydrogens is 268 g/mol. The summed E-state index contributed by atoms with van der Waals surface area (Å²) >= 11 is 0. The van der Waals surface area contributed by atoms with Gasteiger partial charge in [-0.2, -0.15) is 0 Å². The SMILES string of the molecule is CC1CC[C@]2(C)c3[nH]c4ccccc4c3CCN2C1.Cl. The minimum Gasteiger partial charge on any atom is -0.357 e. The second kappa shape index (κ2) is 4.78. The highest BCUT2D eigenvalue weighted by Crippen LogP contribution is 2.44. The van der Waals surface area contributed by atoms with Gasteiger partial charge in [0.2, 0.25) is 0 Å². The molecule has 3 heterocycles. The zero-order valence-electron chi connectivity index (χ0n) is 12.3. The number of aromatic nitrogens is 1. The number of nitrogens with zero attached hydrogens (tertiary/aromatic N) is 1. The van der Waals surface area contributed by atoms with E-state index in [-0.39, 0.29) is 17.9 Å². The molecule has 1 saturated heterocycles. The van der Waals surface area contributed by atoms with E-state index in [4.69, 9.17) is 0 Å². The molecule has 2 aliphatic rings. The number of fused-ring (bicyclic) bond motifs is 5. The molecule has 0 radical (unpaired) electrons. The van der Waals surface area contributed by atoms with E-state index in [1.165, 1.54) is 48.9 Å². The Hall–Kier alpha value is -0.990. The molecule has 2 aromatic rings. The molecule has 0 saturated carbocycles. The van der Waals surface area contributed by atoms with E-state index in [1.54, 1.807) is 5.56 Å². The second-order valence-corrected chi connectivity index (χ2v) is 6.64. The number of rotatable bonds is 0. The van der Waals surface area contributed by atoms with Gasteiger partial charge >= 0.3 is 0 Å². The molecular formula is C17H23ClN2. The summed E-state index contributed by atoms with van der Waals surface area (Å²) in [7, 11) is 0. The van der Waals surface area contributed by atoms with Gasteiger partial charge in [-0.25, -0.2) is 0 Å². The van der Waals surface area contributed by atoms with Crippen LogP contribution in [0.2, 0.25) is 0 Å². The maximum atomic E-state index is 3.73. The third kappa shape index (κ3) is 1.82. The molecule has 2 nitrogen and oxygen atoms in total. The Morgan fingerprint density at radius 1 is 1.30 bits per heavy atom. The monoisotopic (exact) mass is 290 g/mol. The van der Waals surface area contributed by atoms with Crippen molar-refractivity contribution < 1.29 is 0 Å². The predicted octanol–water partition coefficient (Wildman–Crippen LogP) is 4.09. The van der Waals surface area contributed by atoms with Crippen LogP contribution in [0.15, 0.2) is 24.3 Å². The first-order valence-electron chi connectivity index (χ1n) is 7.53. The fourth-order valence-corrected chi connectivity index (χ4v) is 4.14. The van der Waals surface area contributed by atoms with E-state index in [1.807, 2.05) is 0 Å². The van der Waals surface area contributed by atoms with Gasteiger partial charge in [-0.05, 0) is 43.7 Å². The Bertz CT molecular complexity index is 633. The number of benzene rings is 1. The fraction of sp³-hybridized carbons (Fsp3) is 0.529. The molecule has 0 amide bonds. The summed E-state index contributed by atoms with van der Waals surface area (Å²) in [4.78, 5) is 6.44. The Kier molecular flexibility index (Phi) is 3.34. The van der Waals surface area contributed by atoms with Gasteiger partial charge in [0.1, 0.15) is 0 Å². The molecule has 0 aliphatic carbocycles. The summed E-state index contributed by atoms with van der Waals surface area (Å²) in [6.07, 6.45) is 3.83. The topological polar surface area (TPSA) is 19.0 Å². The van der Waals surface area contributed by atoms with Crippen molar-refractivity contribution in [3.63, 3.8) is 0 Å². The third-order valence-corrected chi connectivity index (χ3v) is 5.34. The highest BCUT2D eigenvalue weighted by Gasteiger charge is 2.43. The van der Waals surface area contributed by atoms with Gasteiger partial charge in [0, 0.05) is 29.7 Å². The lowest BCUT2D eigenvalue weighted by Crippen LogP contribution is -2.53. The number of para-hydroxylation sites is 1. The third-order valence-electron chi connectivity index (χ3n) is 5.34. The van der Waals surface area contributed by atoms with Crippen molar-refractivity contribution in [3.05, 3.63) is 35.5 Å². The van der Waals surface area contributed by atoms with Crippen molar-refractivity contribution >= 4 is 23.3 Å². The average molecular weight is 291 g/mol. The number of H-pyrrole nitrogens is 1. The average Bonchev–Trinajstić information content (AvgIpc) is 2.80. The van der Waals surface area contributed by atoms with Crippen molar-refractivity contribution in [1.82, 2.24) is 9.88 Å². The number of piperidine rings is 1. The summed E-state index contributed by atoms with van der Waals surface area (Å²) in [5.41, 5.74) is 4.61. The molecule has 0 bridgehead atoms. The Labute approximate surface area is 127 Å². The van der Waals surface area contributed by atoms with Crippen LogP contribution in [0.5, 0.6) is 0 Å². The van der Waals surface area contributed by atoms with E-state index in [0.717, 1.165) is 5.92 Å². The van der Waals surface area contributed by atoms with Crippen LogP contribution in [-0.2, 0) is 12.0 Å². The molecule has 0 spiro atoms. The quantitative estimate of drug-likeness (QED) is 0.774. The van der Waals surface area contributed by atoms with Crippen LogP contribution in [0.1, 0.15) is 37.9 Å². The van der Waals surface area contributed by atoms with Crippen molar-refractivity contribution in [1.29, 1.82) is 0 Å². The van der Waals surface area contributed by atoms with Gasteiger partial charge in [0.05, 0.1) is 5.54 Å². The predicted molar refractivity (Wildman–Crippen MR) is 86.6 cm³/mol. The van der Waals surface area contributed by atoms with Gasteiger partial charge in [0.25, 0.3) is 0 Å². The summed E-state index contributed by atoms with van der Waals surface area (Å²) < 4.78 is 0. The molecule has 1 aromatic heterocycles. The molecule has 20 heavy (non-hydrogen) atoms. The van der Waals surface area contributed by atoms with Crippen LogP contribution in [0.25, 0.3) is 10.9 Å². The molecule has 3 heteroatoms. The highest BCUT2D eigenvalue weighted by atomic mass is 35.5. The minimum atomic E-state index is 0. The van der Waals surface area contributed by atoms with Crippen molar-refractivity contribution in [3.8, 4) is 0 Å². The van der Waals surface area contributed by atoms with Gasteiger partial charge in [-0.15, -0.1) is 12.4 Å². The molecule has 2 aliphatic heterocycles. The number of halogens is 1. The van der Waals surface area contributed by atoms with E-state index in [2.05, 4.69) is 48.0 Å². The molecule has 108 valence electrons. The zero-order valence-corrected chi connectivity index (χ0v) is 13.1. The lowest BCUT2D eigenvalue weighted by molar-refractivity contribution is 0.0224. The Morgan fingerprint density at radius 3 is 2.95 bits per heavy atom. The largest absolute Gasteiger partial charge is 0.357 e. The van der Waals surface area contributed by atoms with Crippen LogP contribution in [-0.4, -0.2) is 23.0 Å². The van der Waals surface area contributed by atoms with Crippen LogP contribution in [0.3, 0.4) is 0 Å². The summed E-state index contributed by atoms with van der Waals surface area (Å²) in [5.74, 6) is 0.846. The van der Waals surface area contributed by atoms with Crippen molar-refractivity contribution in [2.24, 2.45) is 5.92 Å². The summed E-state index contributed by atoms with van der Waals surface area (Å²) in [6.45, 7) is 7.30. The van der Waals surface area contributed by atoms with E-state index < -0.39 is 0 Å². The lowest BCUT2D eigenvalue weighted by atomic mass is 9.77. The second-order valence-electron chi connectivity index (χ2n) is 6.64. The lowest BCUT2D eigenvalue weighted by Gasteiger charge is -2.49. The maximum Gasteiger partial charge on any atom is 0.0586 e. The number of nitrogens with one attached hydrogen (secondary N) is 1. The van der Waals surface area contributed by atoms with Gasteiger partial charge < -0.3 is 4.98 Å². The first-order valence-corrected chi connectivity index (χ1v) is 7.53. The smallest absolute Gasteiger partial charge is 0.0586 e. The molecule has 1 N–H and O–H groups in total. The molecule has 1 fully saturated rings. The van der Waals surface area contributed by atoms with Gasteiger partial charge in [-0.3, -0.25) is 4.90 Å². The fourth-order valence-electron chi connectivity index (χ4n) is 4.14. The maximum absolute atomic E-state index is 3.73. The summed E-state index contributed by atoms with van der Waals surface area (Å²) in [6, 6.07) is 8.78. The Balaban J connectivity index is 0.00000121. The minimum absolute atomic E-state index is 0. The number of aromatic amines is 1. The van der Waals surface area contributed by atoms with Crippen LogP contribution in [0, 0.1) is 5.92 Å². The Morgan fingerprint density at radius 2 is 2.10 bits per heavy atom. The normalized spacial score (nSPS) is 29.6. The van der Waals surface area contributed by atoms with E-state index in [0.29, 0.717) is 0 Å².